The topological polar surface area (TPSA) is 93.2 Å². The number of nitrogens with zero attached hydrogens (tertiary/aromatic N) is 2. The van der Waals surface area contributed by atoms with Gasteiger partial charge in [0, 0.05) is 11.4 Å². The lowest BCUT2D eigenvalue weighted by atomic mass is 10.0. The van der Waals surface area contributed by atoms with Gasteiger partial charge in [0.1, 0.15) is 5.56 Å². The molecule has 0 heterocycles. The average molecular weight is 313 g/mol. The van der Waals surface area contributed by atoms with Crippen LogP contribution in [-0.4, -0.2) is 17.5 Å². The van der Waals surface area contributed by atoms with Crippen LogP contribution in [0.3, 0.4) is 0 Å². The number of nitro groups is 1. The molecule has 0 aliphatic heterocycles. The van der Waals surface area contributed by atoms with Crippen LogP contribution >= 0.6 is 15.9 Å². The van der Waals surface area contributed by atoms with Crippen LogP contribution in [0.4, 0.5) is 5.69 Å². The van der Waals surface area contributed by atoms with Gasteiger partial charge >= 0.3 is 5.97 Å². The second-order valence-electron chi connectivity index (χ2n) is 3.25. The minimum absolute atomic E-state index is 0.109. The molecule has 0 aliphatic rings. The van der Waals surface area contributed by atoms with E-state index < -0.39 is 10.9 Å². The average Bonchev–Trinajstić information content (AvgIpc) is 2.37. The second kappa shape index (κ2) is 6.12. The first-order valence-electron chi connectivity index (χ1n) is 4.99. The fourth-order valence-electron chi connectivity index (χ4n) is 1.37. The van der Waals surface area contributed by atoms with Crippen LogP contribution in [0, 0.1) is 21.4 Å². The highest BCUT2D eigenvalue weighted by molar-refractivity contribution is 9.08. The van der Waals surface area contributed by atoms with E-state index in [1.165, 1.54) is 12.1 Å². The van der Waals surface area contributed by atoms with Crippen LogP contribution in [0.15, 0.2) is 12.1 Å². The lowest BCUT2D eigenvalue weighted by Gasteiger charge is -2.06. The standard InChI is InChI=1S/C11H9BrN2O4/c1-2-18-11(15)9-3-8(6-13)7(5-12)4-10(9)14(16)17/h3-4H,2,5H2,1H3. The van der Waals surface area contributed by atoms with Gasteiger partial charge in [0.2, 0.25) is 0 Å². The number of hydrogen-bond acceptors (Lipinski definition) is 5. The van der Waals surface area contributed by atoms with Crippen LogP contribution in [0.5, 0.6) is 0 Å². The maximum Gasteiger partial charge on any atom is 0.345 e. The quantitative estimate of drug-likeness (QED) is 0.368. The van der Waals surface area contributed by atoms with Crippen LogP contribution in [-0.2, 0) is 10.1 Å². The van der Waals surface area contributed by atoms with Crippen molar-refractivity contribution in [1.82, 2.24) is 0 Å². The van der Waals surface area contributed by atoms with Crippen molar-refractivity contribution in [2.45, 2.75) is 12.3 Å². The maximum absolute atomic E-state index is 11.6. The molecular formula is C11H9BrN2O4. The van der Waals surface area contributed by atoms with Crippen LogP contribution in [0.1, 0.15) is 28.4 Å². The molecule has 0 N–H and O–H groups in total. The molecule has 0 bridgehead atoms. The van der Waals surface area contributed by atoms with Crippen molar-refractivity contribution < 1.29 is 14.5 Å². The van der Waals surface area contributed by atoms with E-state index in [9.17, 15) is 14.9 Å². The molecule has 6 nitrogen and oxygen atoms in total. The van der Waals surface area contributed by atoms with Crippen LogP contribution in [0.2, 0.25) is 0 Å². The molecule has 18 heavy (non-hydrogen) atoms. The first-order valence-corrected chi connectivity index (χ1v) is 6.11. The van der Waals surface area contributed by atoms with E-state index in [-0.39, 0.29) is 23.4 Å². The third-order valence-corrected chi connectivity index (χ3v) is 2.78. The molecule has 0 fully saturated rings. The minimum Gasteiger partial charge on any atom is -0.462 e. The predicted octanol–water partition coefficient (Wildman–Crippen LogP) is 2.54. The molecular weight excluding hydrogens is 304 g/mol. The van der Waals surface area contributed by atoms with E-state index in [1.807, 2.05) is 6.07 Å². The summed E-state index contributed by atoms with van der Waals surface area (Å²) in [5.41, 5.74) is 0.0998. The van der Waals surface area contributed by atoms with E-state index in [1.54, 1.807) is 6.92 Å². The molecule has 0 radical (unpaired) electrons. The van der Waals surface area contributed by atoms with Crippen molar-refractivity contribution in [2.75, 3.05) is 6.61 Å². The van der Waals surface area contributed by atoms with E-state index in [0.29, 0.717) is 10.9 Å². The number of halogens is 1. The van der Waals surface area contributed by atoms with Crippen molar-refractivity contribution >= 4 is 27.6 Å². The summed E-state index contributed by atoms with van der Waals surface area (Å²) in [6.07, 6.45) is 0. The zero-order chi connectivity index (χ0) is 13.7. The van der Waals surface area contributed by atoms with Gasteiger partial charge in [-0.25, -0.2) is 4.79 Å². The number of ether oxygens (including phenoxy) is 1. The highest BCUT2D eigenvalue weighted by Crippen LogP contribution is 2.25. The van der Waals surface area contributed by atoms with Gasteiger partial charge in [-0.15, -0.1) is 0 Å². The molecule has 1 aromatic carbocycles. The number of alkyl halides is 1. The van der Waals surface area contributed by atoms with Crippen molar-refractivity contribution in [3.05, 3.63) is 38.9 Å². The Balaban J connectivity index is 3.44. The van der Waals surface area contributed by atoms with Gasteiger partial charge in [-0.2, -0.15) is 5.26 Å². The molecule has 1 aromatic rings. The maximum atomic E-state index is 11.6. The molecule has 0 amide bonds. The Hall–Kier alpha value is -1.94. The Morgan fingerprint density at radius 1 is 1.61 bits per heavy atom. The van der Waals surface area contributed by atoms with E-state index in [0.717, 1.165) is 0 Å². The fraction of sp³-hybridized carbons (Fsp3) is 0.273. The van der Waals surface area contributed by atoms with E-state index in [2.05, 4.69) is 15.9 Å². The normalized spacial score (nSPS) is 9.61. The molecule has 94 valence electrons. The van der Waals surface area contributed by atoms with Crippen molar-refractivity contribution in [3.63, 3.8) is 0 Å². The summed E-state index contributed by atoms with van der Waals surface area (Å²) in [5, 5.41) is 20.1. The molecule has 0 spiro atoms. The molecule has 0 unspecified atom stereocenters. The molecule has 0 saturated carbocycles. The number of carbonyl (C=O) groups is 1. The molecule has 1 rings (SSSR count). The van der Waals surface area contributed by atoms with Crippen LogP contribution < -0.4 is 0 Å². The van der Waals surface area contributed by atoms with Gasteiger partial charge in [0.15, 0.2) is 0 Å². The highest BCUT2D eigenvalue weighted by Gasteiger charge is 2.24. The van der Waals surface area contributed by atoms with Crippen LogP contribution in [0.25, 0.3) is 0 Å². The van der Waals surface area contributed by atoms with Gasteiger partial charge in [0.05, 0.1) is 23.2 Å². The number of benzene rings is 1. The molecule has 0 saturated heterocycles. The van der Waals surface area contributed by atoms with Gasteiger partial charge in [-0.3, -0.25) is 10.1 Å². The monoisotopic (exact) mass is 312 g/mol. The highest BCUT2D eigenvalue weighted by atomic mass is 79.9. The number of rotatable bonds is 4. The zero-order valence-electron chi connectivity index (χ0n) is 9.47. The largest absolute Gasteiger partial charge is 0.462 e. The lowest BCUT2D eigenvalue weighted by molar-refractivity contribution is -0.385. The summed E-state index contributed by atoms with van der Waals surface area (Å²) in [6.45, 7) is 1.71. The SMILES string of the molecule is CCOC(=O)c1cc(C#N)c(CBr)cc1[N+](=O)[O-]. The molecule has 0 aliphatic carbocycles. The Labute approximate surface area is 111 Å². The zero-order valence-corrected chi connectivity index (χ0v) is 11.1. The number of nitriles is 1. The van der Waals surface area contributed by atoms with Crippen molar-refractivity contribution in [1.29, 1.82) is 5.26 Å². The Kier molecular flexibility index (Phi) is 4.80. The number of carbonyl (C=O) groups excluding carboxylic acids is 1. The summed E-state index contributed by atoms with van der Waals surface area (Å²) in [7, 11) is 0. The molecule has 7 heteroatoms. The molecule has 0 atom stereocenters. The fourth-order valence-corrected chi connectivity index (χ4v) is 1.83. The van der Waals surface area contributed by atoms with Gasteiger partial charge < -0.3 is 4.74 Å². The van der Waals surface area contributed by atoms with Crippen molar-refractivity contribution in [3.8, 4) is 6.07 Å². The summed E-state index contributed by atoms with van der Waals surface area (Å²) < 4.78 is 4.73. The first-order chi connectivity index (χ1) is 8.54. The Bertz CT molecular complexity index is 537. The number of hydrogen-bond donors (Lipinski definition) is 0. The van der Waals surface area contributed by atoms with Gasteiger partial charge in [0.25, 0.3) is 5.69 Å². The smallest absolute Gasteiger partial charge is 0.345 e. The first kappa shape index (κ1) is 14.1. The van der Waals surface area contributed by atoms with Gasteiger partial charge in [-0.1, -0.05) is 15.9 Å². The Morgan fingerprint density at radius 3 is 2.72 bits per heavy atom. The van der Waals surface area contributed by atoms with E-state index >= 15 is 0 Å². The third-order valence-electron chi connectivity index (χ3n) is 2.18. The minimum atomic E-state index is -0.804. The van der Waals surface area contributed by atoms with Crippen molar-refractivity contribution in [2.24, 2.45) is 0 Å². The lowest BCUT2D eigenvalue weighted by Crippen LogP contribution is -2.09. The Morgan fingerprint density at radius 2 is 2.28 bits per heavy atom. The number of nitro benzene ring substituents is 1. The molecule has 0 aromatic heterocycles. The summed E-state index contributed by atoms with van der Waals surface area (Å²) >= 11 is 3.13. The van der Waals surface area contributed by atoms with E-state index in [4.69, 9.17) is 10.00 Å². The summed E-state index contributed by atoms with van der Waals surface area (Å²) in [6, 6.07) is 4.28. The second-order valence-corrected chi connectivity index (χ2v) is 3.81. The number of esters is 1. The predicted molar refractivity (Wildman–Crippen MR) is 66.4 cm³/mol. The third kappa shape index (κ3) is 2.84. The summed E-state index contributed by atoms with van der Waals surface area (Å²) in [4.78, 5) is 21.8. The van der Waals surface area contributed by atoms with Gasteiger partial charge in [-0.05, 0) is 18.6 Å². The summed E-state index contributed by atoms with van der Waals surface area (Å²) in [5.74, 6) is -0.804.